The second-order valence-corrected chi connectivity index (χ2v) is 4.54. The molecule has 0 aliphatic carbocycles. The van der Waals surface area contributed by atoms with Crippen molar-refractivity contribution in [2.45, 2.75) is 13.5 Å². The van der Waals surface area contributed by atoms with E-state index in [2.05, 4.69) is 15.6 Å². The van der Waals surface area contributed by atoms with Crippen molar-refractivity contribution in [3.05, 3.63) is 29.6 Å². The smallest absolute Gasteiger partial charge is 0.239 e. The number of carbonyl (C=O) groups excluding carboxylic acids is 2. The average Bonchev–Trinajstić information content (AvgIpc) is 2.40. The maximum atomic E-state index is 11.8. The minimum atomic E-state index is -0.152. The molecule has 1 aliphatic heterocycles. The zero-order chi connectivity index (χ0) is 13.7. The molecule has 2 amide bonds. The zero-order valence-electron chi connectivity index (χ0n) is 11.0. The summed E-state index contributed by atoms with van der Waals surface area (Å²) < 4.78 is 0. The van der Waals surface area contributed by atoms with Gasteiger partial charge >= 0.3 is 0 Å². The molecule has 6 heteroatoms. The third-order valence-corrected chi connectivity index (χ3v) is 3.09. The molecule has 1 fully saturated rings. The number of carbonyl (C=O) groups is 2. The summed E-state index contributed by atoms with van der Waals surface area (Å²) in [4.78, 5) is 29.1. The van der Waals surface area contributed by atoms with Gasteiger partial charge in [0, 0.05) is 19.3 Å². The molecule has 1 aromatic heterocycles. The number of piperazine rings is 1. The van der Waals surface area contributed by atoms with Crippen molar-refractivity contribution in [3.8, 4) is 0 Å². The van der Waals surface area contributed by atoms with Crippen LogP contribution in [0.1, 0.15) is 11.3 Å². The molecule has 0 atom stereocenters. The maximum Gasteiger partial charge on any atom is 0.239 e. The third-order valence-electron chi connectivity index (χ3n) is 3.09. The molecule has 2 N–H and O–H groups in total. The average molecular weight is 262 g/mol. The van der Waals surface area contributed by atoms with Gasteiger partial charge in [0.1, 0.15) is 0 Å². The second kappa shape index (κ2) is 6.29. The molecule has 0 saturated carbocycles. The largest absolute Gasteiger partial charge is 0.349 e. The van der Waals surface area contributed by atoms with Gasteiger partial charge in [-0.25, -0.2) is 0 Å². The SMILES string of the molecule is Cc1cccnc1CNC(=O)CN1CCNCC1=O. The Balaban J connectivity index is 1.81. The van der Waals surface area contributed by atoms with Gasteiger partial charge in [0.15, 0.2) is 0 Å². The summed E-state index contributed by atoms with van der Waals surface area (Å²) in [5.41, 5.74) is 1.89. The van der Waals surface area contributed by atoms with Crippen LogP contribution in [-0.2, 0) is 16.1 Å². The Bertz CT molecular complexity index is 475. The first-order valence-electron chi connectivity index (χ1n) is 6.32. The van der Waals surface area contributed by atoms with Crippen molar-refractivity contribution in [2.24, 2.45) is 0 Å². The first kappa shape index (κ1) is 13.5. The van der Waals surface area contributed by atoms with Gasteiger partial charge in [-0.15, -0.1) is 0 Å². The van der Waals surface area contributed by atoms with Crippen LogP contribution in [0.5, 0.6) is 0 Å². The fourth-order valence-electron chi connectivity index (χ4n) is 1.93. The van der Waals surface area contributed by atoms with E-state index in [0.29, 0.717) is 19.6 Å². The van der Waals surface area contributed by atoms with Gasteiger partial charge in [-0.05, 0) is 18.6 Å². The number of hydrogen-bond acceptors (Lipinski definition) is 4. The standard InChI is InChI=1S/C13H18N4O2/c1-10-3-2-4-15-11(10)7-16-12(18)9-17-6-5-14-8-13(17)19/h2-4,14H,5-9H2,1H3,(H,16,18). The number of rotatable bonds is 4. The summed E-state index contributed by atoms with van der Waals surface area (Å²) in [6, 6.07) is 3.81. The van der Waals surface area contributed by atoms with Gasteiger partial charge in [-0.3, -0.25) is 14.6 Å². The molecule has 1 aromatic rings. The molecular formula is C13H18N4O2. The third kappa shape index (κ3) is 3.75. The highest BCUT2D eigenvalue weighted by Gasteiger charge is 2.19. The van der Waals surface area contributed by atoms with Crippen LogP contribution in [0.15, 0.2) is 18.3 Å². The summed E-state index contributed by atoms with van der Waals surface area (Å²) in [6.07, 6.45) is 1.70. The van der Waals surface area contributed by atoms with E-state index in [0.717, 1.165) is 17.8 Å². The lowest BCUT2D eigenvalue weighted by Gasteiger charge is -2.26. The number of amides is 2. The number of aromatic nitrogens is 1. The topological polar surface area (TPSA) is 74.3 Å². The van der Waals surface area contributed by atoms with Gasteiger partial charge in [0.2, 0.25) is 11.8 Å². The molecule has 2 heterocycles. The van der Waals surface area contributed by atoms with Crippen molar-refractivity contribution in [1.29, 1.82) is 0 Å². The van der Waals surface area contributed by atoms with Gasteiger partial charge in [-0.2, -0.15) is 0 Å². The summed E-state index contributed by atoms with van der Waals surface area (Å²) in [5, 5.41) is 5.76. The number of hydrogen-bond donors (Lipinski definition) is 2. The van der Waals surface area contributed by atoms with Gasteiger partial charge in [0.25, 0.3) is 0 Å². The van der Waals surface area contributed by atoms with Crippen molar-refractivity contribution >= 4 is 11.8 Å². The van der Waals surface area contributed by atoms with Crippen molar-refractivity contribution in [3.63, 3.8) is 0 Å². The molecule has 19 heavy (non-hydrogen) atoms. The maximum absolute atomic E-state index is 11.8. The van der Waals surface area contributed by atoms with E-state index in [1.807, 2.05) is 19.1 Å². The molecule has 0 bridgehead atoms. The normalized spacial score (nSPS) is 15.4. The van der Waals surface area contributed by atoms with Crippen LogP contribution in [0.3, 0.4) is 0 Å². The predicted molar refractivity (Wildman–Crippen MR) is 70.3 cm³/mol. The Kier molecular flexibility index (Phi) is 4.46. The lowest BCUT2D eigenvalue weighted by molar-refractivity contribution is -0.136. The Hall–Kier alpha value is -1.95. The van der Waals surface area contributed by atoms with E-state index in [4.69, 9.17) is 0 Å². The Morgan fingerprint density at radius 2 is 2.42 bits per heavy atom. The van der Waals surface area contributed by atoms with E-state index in [9.17, 15) is 9.59 Å². The summed E-state index contributed by atoms with van der Waals surface area (Å²) >= 11 is 0. The predicted octanol–water partition coefficient (Wildman–Crippen LogP) is -0.562. The summed E-state index contributed by atoms with van der Waals surface area (Å²) in [5.74, 6) is -0.185. The van der Waals surface area contributed by atoms with Crippen molar-refractivity contribution in [1.82, 2.24) is 20.5 Å². The first-order chi connectivity index (χ1) is 9.16. The zero-order valence-corrected chi connectivity index (χ0v) is 11.0. The molecule has 0 aromatic carbocycles. The van der Waals surface area contributed by atoms with E-state index in [1.54, 1.807) is 11.1 Å². The van der Waals surface area contributed by atoms with Crippen LogP contribution in [0.25, 0.3) is 0 Å². The molecule has 1 saturated heterocycles. The van der Waals surface area contributed by atoms with Crippen LogP contribution in [0.2, 0.25) is 0 Å². The van der Waals surface area contributed by atoms with Gasteiger partial charge < -0.3 is 15.5 Å². The van der Waals surface area contributed by atoms with E-state index in [1.165, 1.54) is 0 Å². The number of nitrogens with zero attached hydrogens (tertiary/aromatic N) is 2. The molecule has 0 spiro atoms. The Labute approximate surface area is 112 Å². The fraction of sp³-hybridized carbons (Fsp3) is 0.462. The van der Waals surface area contributed by atoms with Crippen LogP contribution in [0.4, 0.5) is 0 Å². The second-order valence-electron chi connectivity index (χ2n) is 4.54. The minimum Gasteiger partial charge on any atom is -0.349 e. The highest BCUT2D eigenvalue weighted by atomic mass is 16.2. The molecule has 0 radical (unpaired) electrons. The van der Waals surface area contributed by atoms with E-state index < -0.39 is 0 Å². The first-order valence-corrected chi connectivity index (χ1v) is 6.32. The van der Waals surface area contributed by atoms with Crippen LogP contribution in [-0.4, -0.2) is 47.9 Å². The monoisotopic (exact) mass is 262 g/mol. The van der Waals surface area contributed by atoms with Crippen LogP contribution in [0, 0.1) is 6.92 Å². The molecule has 2 rings (SSSR count). The lowest BCUT2D eigenvalue weighted by Crippen LogP contribution is -2.51. The molecule has 0 unspecified atom stereocenters. The number of nitrogens with one attached hydrogen (secondary N) is 2. The molecule has 102 valence electrons. The Morgan fingerprint density at radius 3 is 3.16 bits per heavy atom. The van der Waals surface area contributed by atoms with Gasteiger partial charge in [-0.1, -0.05) is 6.07 Å². The fourth-order valence-corrected chi connectivity index (χ4v) is 1.93. The van der Waals surface area contributed by atoms with Gasteiger partial charge in [0.05, 0.1) is 25.3 Å². The lowest BCUT2D eigenvalue weighted by atomic mass is 10.2. The highest BCUT2D eigenvalue weighted by Crippen LogP contribution is 2.02. The molecule has 6 nitrogen and oxygen atoms in total. The molecular weight excluding hydrogens is 244 g/mol. The molecule has 1 aliphatic rings. The number of pyridine rings is 1. The van der Waals surface area contributed by atoms with E-state index in [-0.39, 0.29) is 18.4 Å². The Morgan fingerprint density at radius 1 is 1.58 bits per heavy atom. The van der Waals surface area contributed by atoms with Crippen molar-refractivity contribution in [2.75, 3.05) is 26.2 Å². The van der Waals surface area contributed by atoms with E-state index >= 15 is 0 Å². The number of aryl methyl sites for hydroxylation is 1. The van der Waals surface area contributed by atoms with Crippen LogP contribution < -0.4 is 10.6 Å². The minimum absolute atomic E-state index is 0.0320. The quantitative estimate of drug-likeness (QED) is 0.762. The van der Waals surface area contributed by atoms with Crippen molar-refractivity contribution < 1.29 is 9.59 Å². The summed E-state index contributed by atoms with van der Waals surface area (Å²) in [6.45, 7) is 4.09. The highest BCUT2D eigenvalue weighted by molar-refractivity contribution is 5.86. The van der Waals surface area contributed by atoms with Crippen LogP contribution >= 0.6 is 0 Å². The summed E-state index contributed by atoms with van der Waals surface area (Å²) in [7, 11) is 0.